The minimum Gasteiger partial charge on any atom is -0.386 e. The number of non-ortho nitro benzene ring substituents is 1. The number of aliphatic hydroxyl groups is 1. The van der Waals surface area contributed by atoms with Crippen LogP contribution in [0, 0.1) is 16.0 Å². The van der Waals surface area contributed by atoms with Crippen LogP contribution in [-0.2, 0) is 0 Å². The highest BCUT2D eigenvalue weighted by Gasteiger charge is 2.53. The molecule has 1 heterocycles. The van der Waals surface area contributed by atoms with Crippen LogP contribution in [0.2, 0.25) is 5.02 Å². The lowest BCUT2D eigenvalue weighted by atomic mass is 9.88. The zero-order valence-corrected chi connectivity index (χ0v) is 11.3. The van der Waals surface area contributed by atoms with E-state index in [4.69, 9.17) is 11.6 Å². The first-order chi connectivity index (χ1) is 9.39. The second kappa shape index (κ2) is 4.43. The Hall–Kier alpha value is -1.66. The van der Waals surface area contributed by atoms with E-state index in [-0.39, 0.29) is 35.3 Å². The van der Waals surface area contributed by atoms with Gasteiger partial charge in [-0.3, -0.25) is 14.9 Å². The molecule has 1 N–H and O–H groups in total. The van der Waals surface area contributed by atoms with E-state index in [0.29, 0.717) is 5.92 Å². The van der Waals surface area contributed by atoms with E-state index < -0.39 is 10.5 Å². The van der Waals surface area contributed by atoms with Crippen LogP contribution in [0.1, 0.15) is 23.2 Å². The lowest BCUT2D eigenvalue weighted by Crippen LogP contribution is -2.64. The van der Waals surface area contributed by atoms with Crippen LogP contribution in [0.25, 0.3) is 0 Å². The second-order valence-corrected chi connectivity index (χ2v) is 5.93. The maximum atomic E-state index is 12.2. The van der Waals surface area contributed by atoms with Crippen molar-refractivity contribution in [1.82, 2.24) is 4.90 Å². The number of nitro benzene ring substituents is 1. The number of amides is 1. The van der Waals surface area contributed by atoms with Crippen LogP contribution in [0.4, 0.5) is 5.69 Å². The van der Waals surface area contributed by atoms with Gasteiger partial charge in [0.15, 0.2) is 0 Å². The first-order valence-corrected chi connectivity index (χ1v) is 6.73. The molecule has 0 bridgehead atoms. The third kappa shape index (κ3) is 2.25. The number of β-amino-alcohol motifs (C(OH)–C–C–N with tert-alkyl or cyclic N) is 1. The SMILES string of the molecule is O=C(c1cc(Cl)cc([N+](=O)[O-])c1)N1CC(O)(C2CC2)C1. The van der Waals surface area contributed by atoms with E-state index >= 15 is 0 Å². The Bertz CT molecular complexity index is 594. The average molecular weight is 297 g/mol. The molecule has 6 nitrogen and oxygen atoms in total. The van der Waals surface area contributed by atoms with Gasteiger partial charge in [0.05, 0.1) is 18.0 Å². The number of halogens is 1. The minimum absolute atomic E-state index is 0.153. The smallest absolute Gasteiger partial charge is 0.271 e. The number of hydrogen-bond donors (Lipinski definition) is 1. The summed E-state index contributed by atoms with van der Waals surface area (Å²) in [7, 11) is 0. The molecule has 20 heavy (non-hydrogen) atoms. The maximum absolute atomic E-state index is 12.2. The van der Waals surface area contributed by atoms with Gasteiger partial charge in [-0.05, 0) is 24.8 Å². The van der Waals surface area contributed by atoms with Crippen LogP contribution in [0.15, 0.2) is 18.2 Å². The fourth-order valence-corrected chi connectivity index (χ4v) is 2.85. The molecule has 1 saturated carbocycles. The highest BCUT2D eigenvalue weighted by atomic mass is 35.5. The fraction of sp³-hybridized carbons (Fsp3) is 0.462. The van der Waals surface area contributed by atoms with E-state index in [2.05, 4.69) is 0 Å². The number of carbonyl (C=O) groups excluding carboxylic acids is 1. The molecule has 1 aliphatic heterocycles. The summed E-state index contributed by atoms with van der Waals surface area (Å²) >= 11 is 5.80. The van der Waals surface area contributed by atoms with Crippen molar-refractivity contribution in [3.05, 3.63) is 38.9 Å². The summed E-state index contributed by atoms with van der Waals surface area (Å²) in [5, 5.41) is 21.1. The average Bonchev–Trinajstić information content (AvgIpc) is 3.17. The van der Waals surface area contributed by atoms with E-state index in [9.17, 15) is 20.0 Å². The zero-order valence-electron chi connectivity index (χ0n) is 10.6. The number of benzene rings is 1. The largest absolute Gasteiger partial charge is 0.386 e. The van der Waals surface area contributed by atoms with Gasteiger partial charge in [-0.15, -0.1) is 0 Å². The van der Waals surface area contributed by atoms with Crippen molar-refractivity contribution >= 4 is 23.2 Å². The third-order valence-corrected chi connectivity index (χ3v) is 4.11. The van der Waals surface area contributed by atoms with Gasteiger partial charge in [-0.25, -0.2) is 0 Å². The summed E-state index contributed by atoms with van der Waals surface area (Å²) in [5.74, 6) is -0.0406. The predicted molar refractivity (Wildman–Crippen MR) is 71.7 cm³/mol. The Morgan fingerprint density at radius 2 is 2.05 bits per heavy atom. The number of hydrogen-bond acceptors (Lipinski definition) is 4. The molecule has 2 fully saturated rings. The van der Waals surface area contributed by atoms with Crippen LogP contribution < -0.4 is 0 Å². The minimum atomic E-state index is -0.764. The molecule has 1 amide bonds. The number of likely N-dealkylation sites (tertiary alicyclic amines) is 1. The summed E-state index contributed by atoms with van der Waals surface area (Å²) in [6, 6.07) is 3.82. The number of rotatable bonds is 3. The Kier molecular flexibility index (Phi) is 2.95. The molecule has 1 aromatic carbocycles. The molecule has 1 aromatic rings. The van der Waals surface area contributed by atoms with Crippen LogP contribution >= 0.6 is 11.6 Å². The maximum Gasteiger partial charge on any atom is 0.271 e. The summed E-state index contributed by atoms with van der Waals surface area (Å²) in [4.78, 5) is 23.9. The molecule has 0 unspecified atom stereocenters. The molecule has 2 aliphatic rings. The van der Waals surface area contributed by atoms with Crippen LogP contribution in [-0.4, -0.2) is 39.5 Å². The van der Waals surface area contributed by atoms with Gasteiger partial charge >= 0.3 is 0 Å². The molecule has 0 aromatic heterocycles. The van der Waals surface area contributed by atoms with E-state index in [1.54, 1.807) is 0 Å². The zero-order chi connectivity index (χ0) is 14.5. The first-order valence-electron chi connectivity index (χ1n) is 6.36. The van der Waals surface area contributed by atoms with Crippen molar-refractivity contribution in [2.75, 3.05) is 13.1 Å². The standard InChI is InChI=1S/C13H13ClN2O4/c14-10-3-8(4-11(5-10)16(19)20)12(17)15-6-13(18,7-15)9-1-2-9/h3-5,9,18H,1-2,6-7H2. The molecule has 106 valence electrons. The molecule has 0 spiro atoms. The van der Waals surface area contributed by atoms with Gasteiger partial charge in [0.25, 0.3) is 11.6 Å². The summed E-state index contributed by atoms with van der Waals surface area (Å²) < 4.78 is 0. The van der Waals surface area contributed by atoms with Gasteiger partial charge in [-0.1, -0.05) is 11.6 Å². The van der Waals surface area contributed by atoms with Crippen molar-refractivity contribution in [3.63, 3.8) is 0 Å². The number of nitro groups is 1. The van der Waals surface area contributed by atoms with Gasteiger partial charge in [0.1, 0.15) is 5.60 Å². The van der Waals surface area contributed by atoms with Crippen molar-refractivity contribution in [2.24, 2.45) is 5.92 Å². The normalized spacial score (nSPS) is 20.4. The van der Waals surface area contributed by atoms with E-state index in [1.165, 1.54) is 23.1 Å². The quantitative estimate of drug-likeness (QED) is 0.681. The number of nitrogens with zero attached hydrogens (tertiary/aromatic N) is 2. The fourth-order valence-electron chi connectivity index (χ4n) is 2.62. The Balaban J connectivity index is 1.76. The van der Waals surface area contributed by atoms with Gasteiger partial charge in [0.2, 0.25) is 0 Å². The number of carbonyl (C=O) groups is 1. The molecule has 0 radical (unpaired) electrons. The van der Waals surface area contributed by atoms with E-state index in [0.717, 1.165) is 12.8 Å². The topological polar surface area (TPSA) is 83.7 Å². The highest BCUT2D eigenvalue weighted by Crippen LogP contribution is 2.44. The van der Waals surface area contributed by atoms with E-state index in [1.807, 2.05) is 0 Å². The van der Waals surface area contributed by atoms with Crippen LogP contribution in [0.5, 0.6) is 0 Å². The van der Waals surface area contributed by atoms with Crippen molar-refractivity contribution in [2.45, 2.75) is 18.4 Å². The Morgan fingerprint density at radius 1 is 1.40 bits per heavy atom. The molecule has 1 saturated heterocycles. The third-order valence-electron chi connectivity index (χ3n) is 3.89. The molecular formula is C13H13ClN2O4. The summed E-state index contributed by atoms with van der Waals surface area (Å²) in [6.45, 7) is 0.577. The van der Waals surface area contributed by atoms with Crippen LogP contribution in [0.3, 0.4) is 0 Å². The molecule has 3 rings (SSSR count). The molecule has 1 aliphatic carbocycles. The monoisotopic (exact) mass is 296 g/mol. The molecule has 7 heteroatoms. The Morgan fingerprint density at radius 3 is 2.60 bits per heavy atom. The Labute approximate surface area is 120 Å². The lowest BCUT2D eigenvalue weighted by molar-refractivity contribution is -0.384. The van der Waals surface area contributed by atoms with Crippen molar-refractivity contribution in [3.8, 4) is 0 Å². The lowest BCUT2D eigenvalue weighted by Gasteiger charge is -2.47. The predicted octanol–water partition coefficient (Wildman–Crippen LogP) is 1.85. The van der Waals surface area contributed by atoms with Crippen molar-refractivity contribution in [1.29, 1.82) is 0 Å². The summed E-state index contributed by atoms with van der Waals surface area (Å²) in [6.07, 6.45) is 2.00. The second-order valence-electron chi connectivity index (χ2n) is 5.49. The summed E-state index contributed by atoms with van der Waals surface area (Å²) in [5.41, 5.74) is -0.791. The molecular weight excluding hydrogens is 284 g/mol. The first kappa shape index (κ1) is 13.3. The van der Waals surface area contributed by atoms with Gasteiger partial charge in [-0.2, -0.15) is 0 Å². The van der Waals surface area contributed by atoms with Crippen molar-refractivity contribution < 1.29 is 14.8 Å². The van der Waals surface area contributed by atoms with Gasteiger partial charge in [0, 0.05) is 22.7 Å². The highest BCUT2D eigenvalue weighted by molar-refractivity contribution is 6.31. The molecule has 0 atom stereocenters. The van der Waals surface area contributed by atoms with Gasteiger partial charge < -0.3 is 10.0 Å².